The molecule has 2 N–H and O–H groups in total. The molecule has 2 aromatic heterocycles. The minimum atomic E-state index is -0.716. The molecule has 5 rings (SSSR count). The van der Waals surface area contributed by atoms with E-state index < -0.39 is 12.1 Å². The van der Waals surface area contributed by atoms with Crippen molar-refractivity contribution in [2.45, 2.75) is 51.4 Å². The second kappa shape index (κ2) is 12.0. The van der Waals surface area contributed by atoms with Gasteiger partial charge in [-0.15, -0.1) is 0 Å². The van der Waals surface area contributed by atoms with Crippen molar-refractivity contribution in [2.24, 2.45) is 0 Å². The summed E-state index contributed by atoms with van der Waals surface area (Å²) in [7, 11) is 1.51. The zero-order chi connectivity index (χ0) is 28.4. The number of nitrogens with one attached hydrogen (secondary N) is 2. The number of ether oxygens (including phenoxy) is 2. The molecule has 0 aliphatic carbocycles. The number of amides is 2. The second-order valence-corrected chi connectivity index (χ2v) is 10.7. The van der Waals surface area contributed by atoms with Gasteiger partial charge in [-0.3, -0.25) is 9.59 Å². The molecule has 2 amide bonds. The first-order valence-electron chi connectivity index (χ1n) is 13.1. The Kier molecular flexibility index (Phi) is 8.39. The lowest BCUT2D eigenvalue weighted by Gasteiger charge is -2.25. The van der Waals surface area contributed by atoms with Gasteiger partial charge in [-0.1, -0.05) is 35.3 Å². The highest BCUT2D eigenvalue weighted by Gasteiger charge is 2.35. The Morgan fingerprint density at radius 3 is 2.62 bits per heavy atom. The van der Waals surface area contributed by atoms with Crippen LogP contribution < -0.4 is 15.4 Å². The van der Waals surface area contributed by atoms with Crippen LogP contribution in [0.25, 0.3) is 11.3 Å². The van der Waals surface area contributed by atoms with Crippen LogP contribution in [-0.4, -0.2) is 64.1 Å². The summed E-state index contributed by atoms with van der Waals surface area (Å²) >= 11 is 12.8. The first kappa shape index (κ1) is 28.1. The average molecular weight is 585 g/mol. The third-order valence-electron chi connectivity index (χ3n) is 7.26. The summed E-state index contributed by atoms with van der Waals surface area (Å²) in [6, 6.07) is 6.31. The molecule has 3 aromatic rings. The van der Waals surface area contributed by atoms with Crippen molar-refractivity contribution in [2.75, 3.05) is 25.6 Å². The fourth-order valence-corrected chi connectivity index (χ4v) is 5.35. The van der Waals surface area contributed by atoms with Gasteiger partial charge in [0.05, 0.1) is 35.1 Å². The zero-order valence-corrected chi connectivity index (χ0v) is 23.9. The minimum absolute atomic E-state index is 0.227. The van der Waals surface area contributed by atoms with Crippen molar-refractivity contribution in [3.05, 3.63) is 63.4 Å². The highest BCUT2D eigenvalue weighted by Crippen LogP contribution is 2.33. The molecule has 2 unspecified atom stereocenters. The molecule has 2 aliphatic rings. The van der Waals surface area contributed by atoms with Gasteiger partial charge in [0.1, 0.15) is 6.04 Å². The maximum absolute atomic E-state index is 13.4. The monoisotopic (exact) mass is 584 g/mol. The number of methoxy groups -OCH3 is 1. The fourth-order valence-electron chi connectivity index (χ4n) is 4.88. The lowest BCUT2D eigenvalue weighted by atomic mass is 10.0. The van der Waals surface area contributed by atoms with Gasteiger partial charge in [0.25, 0.3) is 5.91 Å². The number of nitrogens with zero attached hydrogens (tertiary/aromatic N) is 4. The van der Waals surface area contributed by atoms with Gasteiger partial charge < -0.3 is 25.0 Å². The maximum Gasteiger partial charge on any atom is 0.255 e. The number of carbonyl (C=O) groups excluding carboxylic acids is 2. The van der Waals surface area contributed by atoms with Crippen molar-refractivity contribution in [1.29, 1.82) is 0 Å². The van der Waals surface area contributed by atoms with Crippen molar-refractivity contribution >= 4 is 41.0 Å². The average Bonchev–Trinajstić information content (AvgIpc) is 3.29. The second-order valence-electron chi connectivity index (χ2n) is 9.88. The number of aromatic nitrogens is 3. The zero-order valence-electron chi connectivity index (χ0n) is 22.4. The lowest BCUT2D eigenvalue weighted by molar-refractivity contribution is -0.125. The number of carbonyl (C=O) groups is 2. The largest absolute Gasteiger partial charge is 0.481 e. The molecule has 1 saturated heterocycles. The molecule has 4 heterocycles. The summed E-state index contributed by atoms with van der Waals surface area (Å²) in [6.07, 6.45) is 4.79. The van der Waals surface area contributed by atoms with Crippen molar-refractivity contribution in [1.82, 2.24) is 25.2 Å². The molecule has 0 saturated carbocycles. The maximum atomic E-state index is 13.4. The third-order valence-corrected chi connectivity index (χ3v) is 7.85. The van der Waals surface area contributed by atoms with Crippen LogP contribution in [-0.2, 0) is 16.1 Å². The standard InChI is InChI=1S/C28H30Cl2N6O4/c1-15(20-11-24(39-3)31-12-22(20)29)33-26(37)16(2)36-14-18-5-4-17(10-21(18)27(36)38)25-23(30)13-32-28(35-25)34-19-6-8-40-9-7-19/h4-5,10-13,15-16,19H,6-9,14H2,1-3H3,(H,33,37)(H,32,34,35). The topological polar surface area (TPSA) is 119 Å². The Balaban J connectivity index is 1.30. The predicted octanol–water partition coefficient (Wildman–Crippen LogP) is 4.67. The van der Waals surface area contributed by atoms with Crippen LogP contribution in [0, 0.1) is 0 Å². The first-order chi connectivity index (χ1) is 19.2. The van der Waals surface area contributed by atoms with Crippen molar-refractivity contribution in [3.63, 3.8) is 0 Å². The van der Waals surface area contributed by atoms with Gasteiger partial charge in [-0.25, -0.2) is 15.0 Å². The first-order valence-corrected chi connectivity index (χ1v) is 13.8. The van der Waals surface area contributed by atoms with Crippen LogP contribution >= 0.6 is 23.2 Å². The molecule has 0 radical (unpaired) electrons. The van der Waals surface area contributed by atoms with E-state index in [1.54, 1.807) is 30.2 Å². The number of anilines is 1. The van der Waals surface area contributed by atoms with Crippen LogP contribution in [0.4, 0.5) is 5.95 Å². The molecule has 12 heteroatoms. The SMILES string of the molecule is COc1cc(C(C)NC(=O)C(C)N2Cc3ccc(-c4nc(NC5CCOCC5)ncc4Cl)cc3C2=O)c(Cl)cn1. The van der Waals surface area contributed by atoms with E-state index in [1.165, 1.54) is 13.3 Å². The molecule has 10 nitrogen and oxygen atoms in total. The van der Waals surface area contributed by atoms with Crippen LogP contribution in [0.1, 0.15) is 54.2 Å². The molecule has 2 atom stereocenters. The summed E-state index contributed by atoms with van der Waals surface area (Å²) in [5.74, 6) is 0.334. The lowest BCUT2D eigenvalue weighted by Crippen LogP contribution is -2.45. The molecule has 2 aliphatic heterocycles. The number of rotatable bonds is 8. The van der Waals surface area contributed by atoms with Gasteiger partial charge in [-0.2, -0.15) is 0 Å². The van der Waals surface area contributed by atoms with E-state index in [9.17, 15) is 9.59 Å². The molecule has 0 spiro atoms. The smallest absolute Gasteiger partial charge is 0.255 e. The summed E-state index contributed by atoms with van der Waals surface area (Å²) in [4.78, 5) is 41.2. The number of hydrogen-bond donors (Lipinski definition) is 2. The van der Waals surface area contributed by atoms with E-state index in [4.69, 9.17) is 32.7 Å². The van der Waals surface area contributed by atoms with E-state index in [1.807, 2.05) is 19.1 Å². The number of pyridine rings is 1. The molecule has 40 heavy (non-hydrogen) atoms. The molecule has 210 valence electrons. The van der Waals surface area contributed by atoms with Crippen LogP contribution in [0.2, 0.25) is 10.0 Å². The Hall–Kier alpha value is -3.47. The Morgan fingerprint density at radius 2 is 1.88 bits per heavy atom. The summed E-state index contributed by atoms with van der Waals surface area (Å²) in [5.41, 5.74) is 3.24. The molecule has 0 bridgehead atoms. The Bertz CT molecular complexity index is 1430. The summed E-state index contributed by atoms with van der Waals surface area (Å²) < 4.78 is 10.6. The summed E-state index contributed by atoms with van der Waals surface area (Å²) in [5, 5.41) is 7.09. The van der Waals surface area contributed by atoms with Gasteiger partial charge >= 0.3 is 0 Å². The van der Waals surface area contributed by atoms with E-state index in [-0.39, 0.29) is 17.9 Å². The predicted molar refractivity (Wildman–Crippen MR) is 152 cm³/mol. The highest BCUT2D eigenvalue weighted by atomic mass is 35.5. The quantitative estimate of drug-likeness (QED) is 0.392. The molecular weight excluding hydrogens is 555 g/mol. The van der Waals surface area contributed by atoms with Gasteiger partial charge in [-0.05, 0) is 43.9 Å². The van der Waals surface area contributed by atoms with Gasteiger partial charge in [0.2, 0.25) is 17.7 Å². The number of hydrogen-bond acceptors (Lipinski definition) is 8. The number of halogens is 2. The minimum Gasteiger partial charge on any atom is -0.481 e. The van der Waals surface area contributed by atoms with Crippen LogP contribution in [0.15, 0.2) is 36.7 Å². The number of fused-ring (bicyclic) bond motifs is 1. The van der Waals surface area contributed by atoms with Gasteiger partial charge in [0.15, 0.2) is 0 Å². The van der Waals surface area contributed by atoms with E-state index in [2.05, 4.69) is 25.6 Å². The fraction of sp³-hybridized carbons (Fsp3) is 0.393. The van der Waals surface area contributed by atoms with Crippen LogP contribution in [0.3, 0.4) is 0 Å². The van der Waals surface area contributed by atoms with E-state index in [0.29, 0.717) is 64.0 Å². The Morgan fingerprint density at radius 1 is 1.12 bits per heavy atom. The molecule has 1 aromatic carbocycles. The van der Waals surface area contributed by atoms with Gasteiger partial charge in [0, 0.05) is 49.2 Å². The normalized spacial score (nSPS) is 16.8. The van der Waals surface area contributed by atoms with E-state index >= 15 is 0 Å². The van der Waals surface area contributed by atoms with Crippen LogP contribution in [0.5, 0.6) is 5.88 Å². The number of benzene rings is 1. The van der Waals surface area contributed by atoms with Crippen molar-refractivity contribution in [3.8, 4) is 17.1 Å². The molecule has 1 fully saturated rings. The van der Waals surface area contributed by atoms with E-state index in [0.717, 1.165) is 18.4 Å². The highest BCUT2D eigenvalue weighted by molar-refractivity contribution is 6.33. The third kappa shape index (κ3) is 5.84. The molecular formula is C28H30Cl2N6O4. The Labute approximate surface area is 242 Å². The summed E-state index contributed by atoms with van der Waals surface area (Å²) in [6.45, 7) is 5.23. The van der Waals surface area contributed by atoms with Crippen molar-refractivity contribution < 1.29 is 19.1 Å².